The first kappa shape index (κ1) is 13.5. The van der Waals surface area contributed by atoms with Crippen LogP contribution in [0, 0.1) is 6.07 Å². The van der Waals surface area contributed by atoms with Gasteiger partial charge in [0.15, 0.2) is 0 Å². The number of ether oxygens (including phenoxy) is 1. The molecule has 17 heavy (non-hydrogen) atoms. The SMILES string of the molecule is CON=C(CCC(=O)OC)c1c[c]ccc1Cl. The molecule has 0 bridgehead atoms. The van der Waals surface area contributed by atoms with E-state index in [1.807, 2.05) is 0 Å². The van der Waals surface area contributed by atoms with Crippen molar-refractivity contribution in [3.63, 3.8) is 0 Å². The third-order valence-electron chi connectivity index (χ3n) is 2.12. The summed E-state index contributed by atoms with van der Waals surface area (Å²) in [5, 5.41) is 4.41. The summed E-state index contributed by atoms with van der Waals surface area (Å²) in [4.78, 5) is 15.8. The van der Waals surface area contributed by atoms with Gasteiger partial charge in [0.05, 0.1) is 19.2 Å². The Kier molecular flexibility index (Phi) is 5.49. The molecule has 0 saturated carbocycles. The van der Waals surface area contributed by atoms with Crippen LogP contribution in [0.15, 0.2) is 23.4 Å². The second-order valence-electron chi connectivity index (χ2n) is 3.20. The highest BCUT2D eigenvalue weighted by Crippen LogP contribution is 2.18. The molecule has 1 aromatic carbocycles. The Morgan fingerprint density at radius 3 is 2.82 bits per heavy atom. The number of carbonyl (C=O) groups is 1. The standard InChI is InChI=1S/C12H13ClNO3/c1-16-12(15)8-7-11(14-17-2)9-5-3-4-6-10(9)13/h4-6H,7-8H2,1-2H3. The van der Waals surface area contributed by atoms with Crippen LogP contribution in [0.3, 0.4) is 0 Å². The molecule has 0 spiro atoms. The molecule has 0 heterocycles. The Labute approximate surface area is 105 Å². The van der Waals surface area contributed by atoms with Gasteiger partial charge in [-0.2, -0.15) is 0 Å². The highest BCUT2D eigenvalue weighted by atomic mass is 35.5. The molecular weight excluding hydrogens is 242 g/mol. The van der Waals surface area contributed by atoms with Gasteiger partial charge in [-0.25, -0.2) is 0 Å². The van der Waals surface area contributed by atoms with E-state index in [4.69, 9.17) is 16.4 Å². The van der Waals surface area contributed by atoms with Crippen molar-refractivity contribution < 1.29 is 14.4 Å². The molecule has 0 amide bonds. The molecule has 0 saturated heterocycles. The van der Waals surface area contributed by atoms with Gasteiger partial charge in [0, 0.05) is 17.0 Å². The van der Waals surface area contributed by atoms with Crippen LogP contribution in [0.2, 0.25) is 5.02 Å². The number of hydrogen-bond acceptors (Lipinski definition) is 4. The number of benzene rings is 1. The molecule has 0 aromatic heterocycles. The zero-order valence-corrected chi connectivity index (χ0v) is 10.5. The molecule has 4 nitrogen and oxygen atoms in total. The smallest absolute Gasteiger partial charge is 0.305 e. The van der Waals surface area contributed by atoms with Crippen molar-refractivity contribution in [1.82, 2.24) is 0 Å². The molecule has 91 valence electrons. The maximum Gasteiger partial charge on any atom is 0.305 e. The van der Waals surface area contributed by atoms with E-state index in [0.717, 1.165) is 0 Å². The van der Waals surface area contributed by atoms with E-state index >= 15 is 0 Å². The van der Waals surface area contributed by atoms with E-state index in [2.05, 4.69) is 16.0 Å². The quantitative estimate of drug-likeness (QED) is 0.461. The van der Waals surface area contributed by atoms with Crippen molar-refractivity contribution in [1.29, 1.82) is 0 Å². The summed E-state index contributed by atoms with van der Waals surface area (Å²) in [5.41, 5.74) is 1.31. The number of carbonyl (C=O) groups excluding carboxylic acids is 1. The molecule has 0 aliphatic heterocycles. The highest BCUT2D eigenvalue weighted by Gasteiger charge is 2.11. The van der Waals surface area contributed by atoms with Crippen molar-refractivity contribution in [3.8, 4) is 0 Å². The van der Waals surface area contributed by atoms with E-state index in [9.17, 15) is 4.79 Å². The monoisotopic (exact) mass is 254 g/mol. The topological polar surface area (TPSA) is 47.9 Å². The van der Waals surface area contributed by atoms with Crippen LogP contribution >= 0.6 is 11.6 Å². The lowest BCUT2D eigenvalue weighted by Gasteiger charge is -2.06. The van der Waals surface area contributed by atoms with Gasteiger partial charge >= 0.3 is 5.97 Å². The molecule has 0 aliphatic rings. The Morgan fingerprint density at radius 1 is 1.47 bits per heavy atom. The fourth-order valence-electron chi connectivity index (χ4n) is 1.29. The molecule has 0 fully saturated rings. The molecule has 1 aromatic rings. The van der Waals surface area contributed by atoms with Crippen LogP contribution in [0.5, 0.6) is 0 Å². The van der Waals surface area contributed by atoms with Crippen LogP contribution in [0.25, 0.3) is 0 Å². The first-order valence-corrected chi connectivity index (χ1v) is 5.39. The van der Waals surface area contributed by atoms with Crippen LogP contribution in [-0.2, 0) is 14.4 Å². The second kappa shape index (κ2) is 6.91. The van der Waals surface area contributed by atoms with Gasteiger partial charge in [-0.05, 0) is 18.2 Å². The largest absolute Gasteiger partial charge is 0.469 e. The molecule has 0 aliphatic carbocycles. The minimum atomic E-state index is -0.301. The number of halogens is 1. The van der Waals surface area contributed by atoms with Gasteiger partial charge in [0.2, 0.25) is 0 Å². The van der Waals surface area contributed by atoms with Gasteiger partial charge in [-0.15, -0.1) is 0 Å². The number of hydrogen-bond donors (Lipinski definition) is 0. The number of methoxy groups -OCH3 is 1. The first-order valence-electron chi connectivity index (χ1n) is 5.02. The summed E-state index contributed by atoms with van der Waals surface area (Å²) in [6.45, 7) is 0. The average molecular weight is 255 g/mol. The van der Waals surface area contributed by atoms with Crippen LogP contribution in [0.4, 0.5) is 0 Å². The van der Waals surface area contributed by atoms with Crippen LogP contribution < -0.4 is 0 Å². The van der Waals surface area contributed by atoms with Crippen molar-refractivity contribution in [2.75, 3.05) is 14.2 Å². The zero-order valence-electron chi connectivity index (χ0n) is 9.70. The molecule has 0 atom stereocenters. The third-order valence-corrected chi connectivity index (χ3v) is 2.45. The second-order valence-corrected chi connectivity index (χ2v) is 3.61. The maximum absolute atomic E-state index is 11.1. The lowest BCUT2D eigenvalue weighted by Crippen LogP contribution is -2.08. The summed E-state index contributed by atoms with van der Waals surface area (Å²) in [6, 6.07) is 8.02. The van der Waals surface area contributed by atoms with E-state index in [1.165, 1.54) is 14.2 Å². The third kappa shape index (κ3) is 4.07. The number of esters is 1. The number of oxime groups is 1. The van der Waals surface area contributed by atoms with Crippen molar-refractivity contribution in [2.45, 2.75) is 12.8 Å². The lowest BCUT2D eigenvalue weighted by molar-refractivity contribution is -0.140. The Balaban J connectivity index is 2.84. The van der Waals surface area contributed by atoms with Crippen LogP contribution in [0.1, 0.15) is 18.4 Å². The highest BCUT2D eigenvalue weighted by molar-refractivity contribution is 6.34. The molecule has 5 heteroatoms. The minimum Gasteiger partial charge on any atom is -0.469 e. The Bertz CT molecular complexity index is 418. The van der Waals surface area contributed by atoms with Crippen molar-refractivity contribution in [3.05, 3.63) is 34.9 Å². The fraction of sp³-hybridized carbons (Fsp3) is 0.333. The maximum atomic E-state index is 11.1. The number of rotatable bonds is 5. The van der Waals surface area contributed by atoms with E-state index < -0.39 is 0 Å². The molecule has 1 radical (unpaired) electrons. The summed E-state index contributed by atoms with van der Waals surface area (Å²) in [7, 11) is 2.79. The van der Waals surface area contributed by atoms with Gasteiger partial charge in [0.25, 0.3) is 0 Å². The summed E-state index contributed by atoms with van der Waals surface area (Å²) in [5.74, 6) is -0.301. The molecular formula is C12H13ClNO3. The van der Waals surface area contributed by atoms with Crippen molar-refractivity contribution in [2.24, 2.45) is 5.16 Å². The number of nitrogens with zero attached hydrogens (tertiary/aromatic N) is 1. The van der Waals surface area contributed by atoms with Gasteiger partial charge in [-0.1, -0.05) is 22.8 Å². The minimum absolute atomic E-state index is 0.226. The molecule has 0 unspecified atom stereocenters. The Morgan fingerprint density at radius 2 is 2.24 bits per heavy atom. The first-order chi connectivity index (χ1) is 8.19. The van der Waals surface area contributed by atoms with E-state index in [0.29, 0.717) is 22.7 Å². The van der Waals surface area contributed by atoms with Crippen molar-refractivity contribution >= 4 is 23.3 Å². The zero-order chi connectivity index (χ0) is 12.7. The molecule has 0 N–H and O–H groups in total. The lowest BCUT2D eigenvalue weighted by atomic mass is 10.1. The average Bonchev–Trinajstić information content (AvgIpc) is 2.35. The predicted molar refractivity (Wildman–Crippen MR) is 65.1 cm³/mol. The van der Waals surface area contributed by atoms with Gasteiger partial charge in [-0.3, -0.25) is 4.79 Å². The van der Waals surface area contributed by atoms with E-state index in [-0.39, 0.29) is 12.4 Å². The molecule has 1 rings (SSSR count). The van der Waals surface area contributed by atoms with E-state index in [1.54, 1.807) is 18.2 Å². The Hall–Kier alpha value is -1.55. The summed E-state index contributed by atoms with van der Waals surface area (Å²) >= 11 is 6.03. The predicted octanol–water partition coefficient (Wildman–Crippen LogP) is 2.44. The van der Waals surface area contributed by atoms with Gasteiger partial charge < -0.3 is 9.57 Å². The normalized spacial score (nSPS) is 11.1. The van der Waals surface area contributed by atoms with Crippen LogP contribution in [-0.4, -0.2) is 25.9 Å². The fourth-order valence-corrected chi connectivity index (χ4v) is 1.52. The summed E-state index contributed by atoms with van der Waals surface area (Å²) in [6.07, 6.45) is 0.627. The van der Waals surface area contributed by atoms with Gasteiger partial charge in [0.1, 0.15) is 7.11 Å². The summed E-state index contributed by atoms with van der Waals surface area (Å²) < 4.78 is 4.57.